The monoisotopic (exact) mass is 353 g/mol. The maximum absolute atomic E-state index is 12.1. The number of carbonyl (C=O) groups excluding carboxylic acids is 1. The molecule has 0 saturated carbocycles. The fraction of sp³-hybridized carbons (Fsp3) is 0.300. The van der Waals surface area contributed by atoms with Crippen molar-refractivity contribution in [1.82, 2.24) is 14.7 Å². The average molecular weight is 353 g/mol. The Morgan fingerprint density at radius 3 is 2.69 bits per heavy atom. The quantitative estimate of drug-likeness (QED) is 0.709. The third-order valence-corrected chi connectivity index (χ3v) is 4.20. The van der Waals surface area contributed by atoms with E-state index in [1.54, 1.807) is 14.2 Å². The molecule has 3 aromatic rings. The summed E-state index contributed by atoms with van der Waals surface area (Å²) in [6, 6.07) is 9.69. The molecule has 0 unspecified atom stereocenters. The van der Waals surface area contributed by atoms with Gasteiger partial charge in [0, 0.05) is 18.8 Å². The summed E-state index contributed by atoms with van der Waals surface area (Å²) in [7, 11) is 3.20. The highest BCUT2D eigenvalue weighted by Gasteiger charge is 2.08. The molecule has 0 aliphatic carbocycles. The molecule has 1 amide bonds. The highest BCUT2D eigenvalue weighted by Crippen LogP contribution is 2.27. The first kappa shape index (κ1) is 17.8. The largest absolute Gasteiger partial charge is 0.493 e. The predicted molar refractivity (Wildman–Crippen MR) is 99.6 cm³/mol. The van der Waals surface area contributed by atoms with Gasteiger partial charge in [-0.25, -0.2) is 4.98 Å². The zero-order valence-electron chi connectivity index (χ0n) is 15.3. The van der Waals surface area contributed by atoms with Crippen LogP contribution in [0.5, 0.6) is 11.5 Å². The van der Waals surface area contributed by atoms with Crippen molar-refractivity contribution in [2.45, 2.75) is 26.3 Å². The van der Waals surface area contributed by atoms with Gasteiger partial charge in [-0.1, -0.05) is 12.1 Å². The lowest BCUT2D eigenvalue weighted by Gasteiger charge is -2.09. The number of imidazole rings is 1. The van der Waals surface area contributed by atoms with Gasteiger partial charge in [-0.15, -0.1) is 0 Å². The Hall–Kier alpha value is -3.02. The van der Waals surface area contributed by atoms with E-state index in [1.165, 1.54) is 5.56 Å². The fourth-order valence-electron chi connectivity index (χ4n) is 2.81. The smallest absolute Gasteiger partial charge is 0.220 e. The van der Waals surface area contributed by atoms with Crippen molar-refractivity contribution in [2.75, 3.05) is 14.2 Å². The maximum atomic E-state index is 12.1. The molecule has 0 spiro atoms. The molecule has 0 aliphatic heterocycles. The van der Waals surface area contributed by atoms with Gasteiger partial charge in [0.25, 0.3) is 0 Å². The molecule has 0 aliphatic rings. The van der Waals surface area contributed by atoms with Crippen LogP contribution in [0.15, 0.2) is 42.7 Å². The van der Waals surface area contributed by atoms with Crippen LogP contribution < -0.4 is 14.8 Å². The number of methoxy groups -OCH3 is 2. The molecule has 6 heteroatoms. The van der Waals surface area contributed by atoms with Gasteiger partial charge in [0.15, 0.2) is 11.5 Å². The first-order chi connectivity index (χ1) is 12.6. The van der Waals surface area contributed by atoms with Gasteiger partial charge in [-0.3, -0.25) is 4.79 Å². The normalized spacial score (nSPS) is 10.7. The van der Waals surface area contributed by atoms with Crippen molar-refractivity contribution in [3.63, 3.8) is 0 Å². The minimum absolute atomic E-state index is 0.00646. The summed E-state index contributed by atoms with van der Waals surface area (Å²) >= 11 is 0. The van der Waals surface area contributed by atoms with Crippen molar-refractivity contribution < 1.29 is 14.3 Å². The highest BCUT2D eigenvalue weighted by atomic mass is 16.5. The Morgan fingerprint density at radius 1 is 1.12 bits per heavy atom. The standard InChI is InChI=1S/C20H23N3O3/c1-14-4-8-19-22-16(13-23(19)12-14)11-21-20(24)9-6-15-5-7-17(25-2)18(10-15)26-3/h4-5,7-8,10,12-13H,6,9,11H2,1-3H3,(H,21,24). The molecule has 1 aromatic carbocycles. The maximum Gasteiger partial charge on any atom is 0.220 e. The summed E-state index contributed by atoms with van der Waals surface area (Å²) < 4.78 is 12.5. The van der Waals surface area contributed by atoms with E-state index in [-0.39, 0.29) is 5.91 Å². The first-order valence-corrected chi connectivity index (χ1v) is 8.51. The predicted octanol–water partition coefficient (Wildman–Crippen LogP) is 2.91. The molecule has 26 heavy (non-hydrogen) atoms. The first-order valence-electron chi connectivity index (χ1n) is 8.51. The Bertz CT molecular complexity index is 918. The number of hydrogen-bond acceptors (Lipinski definition) is 4. The molecule has 136 valence electrons. The van der Waals surface area contributed by atoms with E-state index < -0.39 is 0 Å². The SMILES string of the molecule is COc1ccc(CCC(=O)NCc2cn3cc(C)ccc3n2)cc1OC. The van der Waals surface area contributed by atoms with Gasteiger partial charge < -0.3 is 19.2 Å². The van der Waals surface area contributed by atoms with E-state index in [0.717, 1.165) is 16.9 Å². The van der Waals surface area contributed by atoms with Crippen LogP contribution in [0.25, 0.3) is 5.65 Å². The van der Waals surface area contributed by atoms with E-state index in [9.17, 15) is 4.79 Å². The van der Waals surface area contributed by atoms with Crippen molar-refractivity contribution in [3.05, 3.63) is 59.5 Å². The van der Waals surface area contributed by atoms with Crippen molar-refractivity contribution in [1.29, 1.82) is 0 Å². The number of aromatic nitrogens is 2. The molecule has 0 atom stereocenters. The summed E-state index contributed by atoms with van der Waals surface area (Å²) in [5.74, 6) is 1.35. The third kappa shape index (κ3) is 4.14. The van der Waals surface area contributed by atoms with Gasteiger partial charge in [0.05, 0.1) is 26.5 Å². The van der Waals surface area contributed by atoms with Crippen molar-refractivity contribution in [2.24, 2.45) is 0 Å². The van der Waals surface area contributed by atoms with Crippen LogP contribution in [-0.4, -0.2) is 29.5 Å². The minimum Gasteiger partial charge on any atom is -0.493 e. The van der Waals surface area contributed by atoms with E-state index in [4.69, 9.17) is 9.47 Å². The Kier molecular flexibility index (Phi) is 5.41. The van der Waals surface area contributed by atoms with Crippen LogP contribution in [0.1, 0.15) is 23.2 Å². The van der Waals surface area contributed by atoms with Crippen LogP contribution >= 0.6 is 0 Å². The summed E-state index contributed by atoms with van der Waals surface area (Å²) in [5.41, 5.74) is 3.92. The second-order valence-corrected chi connectivity index (χ2v) is 6.17. The topological polar surface area (TPSA) is 64.9 Å². The summed E-state index contributed by atoms with van der Waals surface area (Å²) in [5, 5.41) is 2.93. The zero-order chi connectivity index (χ0) is 18.5. The molecular weight excluding hydrogens is 330 g/mol. The number of ether oxygens (including phenoxy) is 2. The molecule has 2 heterocycles. The average Bonchev–Trinajstić information content (AvgIpc) is 3.06. The van der Waals surface area contributed by atoms with E-state index in [2.05, 4.69) is 10.3 Å². The second kappa shape index (κ2) is 7.91. The van der Waals surface area contributed by atoms with Gasteiger partial charge >= 0.3 is 0 Å². The highest BCUT2D eigenvalue weighted by molar-refractivity contribution is 5.76. The second-order valence-electron chi connectivity index (χ2n) is 6.17. The van der Waals surface area contributed by atoms with Crippen LogP contribution in [0.3, 0.4) is 0 Å². The van der Waals surface area contributed by atoms with Crippen LogP contribution in [0.4, 0.5) is 0 Å². The Balaban J connectivity index is 1.53. The van der Waals surface area contributed by atoms with Gasteiger partial charge in [-0.2, -0.15) is 0 Å². The molecule has 0 fully saturated rings. The number of hydrogen-bond donors (Lipinski definition) is 1. The summed E-state index contributed by atoms with van der Waals surface area (Å²) in [4.78, 5) is 16.6. The van der Waals surface area contributed by atoms with Crippen LogP contribution in [0.2, 0.25) is 0 Å². The van der Waals surface area contributed by atoms with E-state index >= 15 is 0 Å². The summed E-state index contributed by atoms with van der Waals surface area (Å²) in [6.45, 7) is 2.46. The number of amides is 1. The van der Waals surface area contributed by atoms with Gasteiger partial charge in [0.2, 0.25) is 5.91 Å². The van der Waals surface area contributed by atoms with Gasteiger partial charge in [-0.05, 0) is 42.7 Å². The number of aryl methyl sites for hydroxylation is 2. The number of carbonyl (C=O) groups is 1. The molecule has 1 N–H and O–H groups in total. The molecule has 0 radical (unpaired) electrons. The summed E-state index contributed by atoms with van der Waals surface area (Å²) in [6.07, 6.45) is 5.00. The number of benzene rings is 1. The van der Waals surface area contributed by atoms with Crippen LogP contribution in [0, 0.1) is 6.92 Å². The Morgan fingerprint density at radius 2 is 1.92 bits per heavy atom. The number of nitrogens with zero attached hydrogens (tertiary/aromatic N) is 2. The molecule has 3 rings (SSSR count). The van der Waals surface area contributed by atoms with E-state index in [0.29, 0.717) is 30.9 Å². The lowest BCUT2D eigenvalue weighted by atomic mass is 10.1. The van der Waals surface area contributed by atoms with Crippen LogP contribution in [-0.2, 0) is 17.8 Å². The van der Waals surface area contributed by atoms with Crippen molar-refractivity contribution >= 4 is 11.6 Å². The lowest BCUT2D eigenvalue weighted by molar-refractivity contribution is -0.121. The molecule has 0 saturated heterocycles. The number of rotatable bonds is 7. The molecule has 2 aromatic heterocycles. The van der Waals surface area contributed by atoms with Crippen molar-refractivity contribution in [3.8, 4) is 11.5 Å². The Labute approximate surface area is 152 Å². The fourth-order valence-corrected chi connectivity index (χ4v) is 2.81. The van der Waals surface area contributed by atoms with Gasteiger partial charge in [0.1, 0.15) is 5.65 Å². The van der Waals surface area contributed by atoms with E-state index in [1.807, 2.05) is 54.0 Å². The lowest BCUT2D eigenvalue weighted by Crippen LogP contribution is -2.23. The minimum atomic E-state index is -0.00646. The third-order valence-electron chi connectivity index (χ3n) is 4.20. The zero-order valence-corrected chi connectivity index (χ0v) is 15.3. The molecule has 6 nitrogen and oxygen atoms in total. The molecule has 0 bridgehead atoms. The number of nitrogens with one attached hydrogen (secondary N) is 1. The number of pyridine rings is 1. The molecular formula is C20H23N3O3. The number of fused-ring (bicyclic) bond motifs is 1.